The highest BCUT2D eigenvalue weighted by molar-refractivity contribution is 7.99. The van der Waals surface area contributed by atoms with E-state index in [-0.39, 0.29) is 0 Å². The highest BCUT2D eigenvalue weighted by atomic mass is 35.5. The second-order valence-corrected chi connectivity index (χ2v) is 7.56. The molecule has 0 bridgehead atoms. The lowest BCUT2D eigenvalue weighted by Gasteiger charge is -2.19. The van der Waals surface area contributed by atoms with Gasteiger partial charge in [0.15, 0.2) is 0 Å². The van der Waals surface area contributed by atoms with Gasteiger partial charge in [-0.2, -0.15) is 11.8 Å². The van der Waals surface area contributed by atoms with Crippen molar-refractivity contribution in [2.75, 3.05) is 5.75 Å². The number of hydrogen-bond acceptors (Lipinski definition) is 4. The van der Waals surface area contributed by atoms with Crippen LogP contribution in [-0.2, 0) is 0 Å². The van der Waals surface area contributed by atoms with Crippen LogP contribution in [-0.4, -0.2) is 15.7 Å². The van der Waals surface area contributed by atoms with E-state index in [1.54, 1.807) is 11.3 Å². The van der Waals surface area contributed by atoms with Gasteiger partial charge >= 0.3 is 0 Å². The van der Waals surface area contributed by atoms with E-state index in [1.165, 1.54) is 35.5 Å². The number of hydrogen-bond donors (Lipinski definition) is 0. The summed E-state index contributed by atoms with van der Waals surface area (Å²) in [6, 6.07) is 0. The minimum absolute atomic E-state index is 0.434. The van der Waals surface area contributed by atoms with Gasteiger partial charge in [-0.25, -0.2) is 9.97 Å². The zero-order valence-corrected chi connectivity index (χ0v) is 12.9. The summed E-state index contributed by atoms with van der Waals surface area (Å²) in [7, 11) is 0. The van der Waals surface area contributed by atoms with E-state index in [1.807, 2.05) is 11.8 Å². The number of aryl methyl sites for hydroxylation is 2. The summed E-state index contributed by atoms with van der Waals surface area (Å²) in [5.41, 5.74) is 1.22. The third-order valence-electron chi connectivity index (χ3n) is 3.47. The molecule has 5 heteroatoms. The third kappa shape index (κ3) is 2.15. The Morgan fingerprint density at radius 2 is 2.06 bits per heavy atom. The van der Waals surface area contributed by atoms with Gasteiger partial charge in [0.1, 0.15) is 15.8 Å². The standard InChI is InChI=1S/C13H15ClN2S2/c1-7-8(2)18-13-10(7)11(14)15-12(16-13)9-5-3-4-6-17-9/h9H,3-6H2,1-2H3. The summed E-state index contributed by atoms with van der Waals surface area (Å²) < 4.78 is 0. The molecule has 0 amide bonds. The van der Waals surface area contributed by atoms with E-state index >= 15 is 0 Å². The van der Waals surface area contributed by atoms with Crippen LogP contribution in [0.3, 0.4) is 0 Å². The second kappa shape index (κ2) is 4.99. The summed E-state index contributed by atoms with van der Waals surface area (Å²) in [6.07, 6.45) is 3.77. The smallest absolute Gasteiger partial charge is 0.144 e. The first-order chi connectivity index (χ1) is 8.66. The van der Waals surface area contributed by atoms with Gasteiger partial charge in [-0.05, 0) is 38.0 Å². The van der Waals surface area contributed by atoms with Crippen molar-refractivity contribution < 1.29 is 0 Å². The second-order valence-electron chi connectivity index (χ2n) is 4.69. The number of thiophene rings is 1. The molecule has 18 heavy (non-hydrogen) atoms. The number of thioether (sulfide) groups is 1. The first-order valence-electron chi connectivity index (χ1n) is 6.21. The van der Waals surface area contributed by atoms with Crippen molar-refractivity contribution in [3.8, 4) is 0 Å². The van der Waals surface area contributed by atoms with E-state index in [0.29, 0.717) is 10.4 Å². The fraction of sp³-hybridized carbons (Fsp3) is 0.538. The first kappa shape index (κ1) is 12.7. The van der Waals surface area contributed by atoms with Gasteiger partial charge in [-0.15, -0.1) is 11.3 Å². The van der Waals surface area contributed by atoms with Crippen LogP contribution in [0.4, 0.5) is 0 Å². The maximum absolute atomic E-state index is 6.35. The molecule has 1 saturated heterocycles. The van der Waals surface area contributed by atoms with E-state index in [2.05, 4.69) is 18.8 Å². The molecule has 0 aliphatic carbocycles. The number of aromatic nitrogens is 2. The van der Waals surface area contributed by atoms with Crippen LogP contribution in [0.2, 0.25) is 5.15 Å². The Bertz CT molecular complexity index is 588. The Morgan fingerprint density at radius 1 is 1.22 bits per heavy atom. The number of halogens is 1. The molecule has 3 heterocycles. The van der Waals surface area contributed by atoms with Gasteiger partial charge in [0.2, 0.25) is 0 Å². The number of rotatable bonds is 1. The molecular weight excluding hydrogens is 284 g/mol. The molecule has 1 aliphatic rings. The van der Waals surface area contributed by atoms with Crippen LogP contribution < -0.4 is 0 Å². The quantitative estimate of drug-likeness (QED) is 0.699. The molecular formula is C13H15ClN2S2. The summed E-state index contributed by atoms with van der Waals surface area (Å²) in [4.78, 5) is 11.6. The molecule has 0 saturated carbocycles. The predicted octanol–water partition coefficient (Wildman–Crippen LogP) is 4.92. The number of fused-ring (bicyclic) bond motifs is 1. The fourth-order valence-corrected chi connectivity index (χ4v) is 4.96. The maximum Gasteiger partial charge on any atom is 0.144 e. The molecule has 3 rings (SSSR count). The van der Waals surface area contributed by atoms with Gasteiger partial charge < -0.3 is 0 Å². The summed E-state index contributed by atoms with van der Waals surface area (Å²) in [6.45, 7) is 4.21. The Hall–Kier alpha value is -0.320. The molecule has 2 aromatic rings. The molecule has 0 N–H and O–H groups in total. The topological polar surface area (TPSA) is 25.8 Å². The van der Waals surface area contributed by atoms with Crippen LogP contribution in [0.5, 0.6) is 0 Å². The van der Waals surface area contributed by atoms with Crippen LogP contribution in [0.25, 0.3) is 10.2 Å². The minimum atomic E-state index is 0.434. The Labute approximate surface area is 120 Å². The Balaban J connectivity index is 2.09. The van der Waals surface area contributed by atoms with Gasteiger partial charge in [0.25, 0.3) is 0 Å². The Morgan fingerprint density at radius 3 is 2.78 bits per heavy atom. The normalized spacial score (nSPS) is 20.5. The predicted molar refractivity (Wildman–Crippen MR) is 80.9 cm³/mol. The van der Waals surface area contributed by atoms with Crippen molar-refractivity contribution >= 4 is 44.9 Å². The molecule has 1 atom stereocenters. The van der Waals surface area contributed by atoms with E-state index in [4.69, 9.17) is 16.6 Å². The van der Waals surface area contributed by atoms with E-state index < -0.39 is 0 Å². The SMILES string of the molecule is Cc1sc2nc(C3CCCCS3)nc(Cl)c2c1C. The molecule has 1 unspecified atom stereocenters. The van der Waals surface area contributed by atoms with Crippen molar-refractivity contribution in [2.45, 2.75) is 38.4 Å². The average Bonchev–Trinajstić information content (AvgIpc) is 2.66. The molecule has 2 nitrogen and oxygen atoms in total. The van der Waals surface area contributed by atoms with Gasteiger partial charge in [-0.3, -0.25) is 0 Å². The van der Waals surface area contributed by atoms with Crippen molar-refractivity contribution in [3.05, 3.63) is 21.4 Å². The van der Waals surface area contributed by atoms with E-state index in [0.717, 1.165) is 16.0 Å². The zero-order chi connectivity index (χ0) is 12.7. The number of nitrogens with zero attached hydrogens (tertiary/aromatic N) is 2. The van der Waals surface area contributed by atoms with E-state index in [9.17, 15) is 0 Å². The van der Waals surface area contributed by atoms with Gasteiger partial charge in [-0.1, -0.05) is 18.0 Å². The monoisotopic (exact) mass is 298 g/mol. The molecule has 0 aromatic carbocycles. The molecule has 2 aromatic heterocycles. The molecule has 1 fully saturated rings. The largest absolute Gasteiger partial charge is 0.221 e. The molecule has 96 valence electrons. The van der Waals surface area contributed by atoms with Crippen molar-refractivity contribution in [2.24, 2.45) is 0 Å². The van der Waals surface area contributed by atoms with Crippen LogP contribution in [0.15, 0.2) is 0 Å². The summed E-state index contributed by atoms with van der Waals surface area (Å²) in [5, 5.41) is 2.11. The molecule has 1 aliphatic heterocycles. The highest BCUT2D eigenvalue weighted by Crippen LogP contribution is 2.39. The minimum Gasteiger partial charge on any atom is -0.221 e. The molecule has 0 spiro atoms. The van der Waals surface area contributed by atoms with Crippen LogP contribution in [0, 0.1) is 13.8 Å². The Kier molecular flexibility index (Phi) is 3.52. The average molecular weight is 299 g/mol. The molecule has 0 radical (unpaired) electrons. The van der Waals surface area contributed by atoms with Gasteiger partial charge in [0.05, 0.1) is 10.6 Å². The maximum atomic E-state index is 6.35. The summed E-state index contributed by atoms with van der Waals surface area (Å²) in [5.74, 6) is 2.14. The van der Waals surface area contributed by atoms with Crippen LogP contribution >= 0.6 is 34.7 Å². The van der Waals surface area contributed by atoms with Crippen molar-refractivity contribution in [1.29, 1.82) is 0 Å². The van der Waals surface area contributed by atoms with Crippen molar-refractivity contribution in [3.63, 3.8) is 0 Å². The summed E-state index contributed by atoms with van der Waals surface area (Å²) >= 11 is 10.0. The van der Waals surface area contributed by atoms with Gasteiger partial charge in [0, 0.05) is 4.88 Å². The highest BCUT2D eigenvalue weighted by Gasteiger charge is 2.21. The van der Waals surface area contributed by atoms with Crippen molar-refractivity contribution in [1.82, 2.24) is 9.97 Å². The first-order valence-corrected chi connectivity index (χ1v) is 8.46. The zero-order valence-electron chi connectivity index (χ0n) is 10.5. The third-order valence-corrected chi connectivity index (χ3v) is 6.22. The van der Waals surface area contributed by atoms with Crippen LogP contribution in [0.1, 0.15) is 40.8 Å². The fourth-order valence-electron chi connectivity index (χ4n) is 2.30. The lowest BCUT2D eigenvalue weighted by molar-refractivity contribution is 0.664. The lowest BCUT2D eigenvalue weighted by Crippen LogP contribution is -2.06. The lowest BCUT2D eigenvalue weighted by atomic mass is 10.1.